The molecule has 4 aliphatic rings. The van der Waals surface area contributed by atoms with Gasteiger partial charge in [0.25, 0.3) is 5.91 Å². The van der Waals surface area contributed by atoms with Gasteiger partial charge < -0.3 is 20.3 Å². The van der Waals surface area contributed by atoms with Crippen LogP contribution in [0.3, 0.4) is 0 Å². The fourth-order valence-electron chi connectivity index (χ4n) is 8.15. The summed E-state index contributed by atoms with van der Waals surface area (Å²) < 4.78 is 62.7. The molecule has 59 heavy (non-hydrogen) atoms. The molecule has 3 fully saturated rings. The number of hydrogen-bond donors (Lipinski definition) is 3. The van der Waals surface area contributed by atoms with Crippen molar-refractivity contribution in [3.63, 3.8) is 0 Å². The minimum absolute atomic E-state index is 0.0879. The van der Waals surface area contributed by atoms with Gasteiger partial charge >= 0.3 is 0 Å². The molecule has 13 nitrogen and oxygen atoms in total. The van der Waals surface area contributed by atoms with Crippen molar-refractivity contribution < 1.29 is 36.3 Å². The molecule has 4 aromatic rings. The van der Waals surface area contributed by atoms with Crippen molar-refractivity contribution in [3.8, 4) is 17.1 Å². The first-order chi connectivity index (χ1) is 27.8. The predicted molar refractivity (Wildman–Crippen MR) is 220 cm³/mol. The Morgan fingerprint density at radius 1 is 1.05 bits per heavy atom. The van der Waals surface area contributed by atoms with Crippen LogP contribution in [-0.4, -0.2) is 87.9 Å². The SMILES string of the molecule is CC1(C)CCCc2cccc(c2)-c2nc3ccccc3nc2O[C@@H]2C[C@@H](C(=O)N[C@]3(C(=O)NS(=O)(=O)C4CC4)C[C@H]3C(F)F)N(C2)C(=O)[C@H](C(C)(C)C)Nc2nc1cs2. The van der Waals surface area contributed by atoms with Crippen LogP contribution in [0.25, 0.3) is 22.3 Å². The summed E-state index contributed by atoms with van der Waals surface area (Å²) in [5, 5.41) is 7.60. The lowest BCUT2D eigenvalue weighted by Crippen LogP contribution is -2.59. The number of hydrogen-bond acceptors (Lipinski definition) is 11. The average molecular weight is 850 g/mol. The van der Waals surface area contributed by atoms with E-state index in [0.717, 1.165) is 36.1 Å². The number of rotatable bonds is 6. The van der Waals surface area contributed by atoms with E-state index >= 15 is 0 Å². The minimum atomic E-state index is -4.12. The van der Waals surface area contributed by atoms with Crippen molar-refractivity contribution >= 4 is 55.2 Å². The number of sulfonamides is 1. The number of thiazole rings is 1. The van der Waals surface area contributed by atoms with Crippen molar-refractivity contribution in [2.45, 2.75) is 120 Å². The quantitative estimate of drug-likeness (QED) is 0.209. The van der Waals surface area contributed by atoms with E-state index in [2.05, 4.69) is 36.6 Å². The number of fused-ring (bicyclic) bond motifs is 9. The number of benzene rings is 2. The topological polar surface area (TPSA) is 173 Å². The highest BCUT2D eigenvalue weighted by molar-refractivity contribution is 7.91. The number of nitrogens with one attached hydrogen (secondary N) is 3. The summed E-state index contributed by atoms with van der Waals surface area (Å²) in [6.07, 6.45) is -1.17. The second-order valence-electron chi connectivity index (χ2n) is 18.0. The van der Waals surface area contributed by atoms with Crippen molar-refractivity contribution in [2.24, 2.45) is 11.3 Å². The van der Waals surface area contributed by atoms with Crippen LogP contribution >= 0.6 is 11.3 Å². The molecule has 17 heteroatoms. The number of aromatic nitrogens is 3. The first kappa shape index (κ1) is 41.0. The second-order valence-corrected chi connectivity index (χ2v) is 20.9. The maximum Gasteiger partial charge on any atom is 0.259 e. The van der Waals surface area contributed by atoms with Crippen LogP contribution in [0.1, 0.15) is 84.4 Å². The highest BCUT2D eigenvalue weighted by Gasteiger charge is 2.67. The third-order valence-electron chi connectivity index (χ3n) is 12.0. The Balaban J connectivity index is 1.19. The van der Waals surface area contributed by atoms with E-state index in [0.29, 0.717) is 34.7 Å². The van der Waals surface area contributed by atoms with Gasteiger partial charge in [-0.3, -0.25) is 19.1 Å². The van der Waals surface area contributed by atoms with E-state index in [-0.39, 0.29) is 24.3 Å². The third-order valence-corrected chi connectivity index (χ3v) is 14.6. The number of para-hydroxylation sites is 2. The molecule has 3 N–H and O–H groups in total. The molecule has 5 atom stereocenters. The Hall–Kier alpha value is -4.77. The van der Waals surface area contributed by atoms with Gasteiger partial charge in [0, 0.05) is 22.8 Å². The van der Waals surface area contributed by atoms with Gasteiger partial charge in [0.05, 0.1) is 34.4 Å². The summed E-state index contributed by atoms with van der Waals surface area (Å²) in [6.45, 7) is 9.85. The molecule has 0 unspecified atom stereocenters. The molecule has 2 saturated carbocycles. The Kier molecular flexibility index (Phi) is 10.5. The summed E-state index contributed by atoms with van der Waals surface area (Å²) in [7, 11) is -4.12. The van der Waals surface area contributed by atoms with Gasteiger partial charge in [-0.2, -0.15) is 0 Å². The number of carbonyl (C=O) groups excluding carboxylic acids is 3. The van der Waals surface area contributed by atoms with E-state index < -0.39 is 80.9 Å². The van der Waals surface area contributed by atoms with Gasteiger partial charge in [-0.1, -0.05) is 65.0 Å². The number of alkyl halides is 2. The molecular weight excluding hydrogens is 801 g/mol. The van der Waals surface area contributed by atoms with Crippen LogP contribution in [0.2, 0.25) is 0 Å². The van der Waals surface area contributed by atoms with E-state index in [1.807, 2.05) is 67.3 Å². The Morgan fingerprint density at radius 2 is 1.78 bits per heavy atom. The molecule has 2 aliphatic carbocycles. The summed E-state index contributed by atoms with van der Waals surface area (Å²) in [6, 6.07) is 13.2. The molecule has 0 radical (unpaired) electrons. The van der Waals surface area contributed by atoms with Crippen LogP contribution < -0.4 is 20.1 Å². The second kappa shape index (κ2) is 15.0. The fourth-order valence-corrected chi connectivity index (χ4v) is 10.4. The largest absolute Gasteiger partial charge is 0.471 e. The summed E-state index contributed by atoms with van der Waals surface area (Å²) in [5.74, 6) is -3.98. The van der Waals surface area contributed by atoms with E-state index in [9.17, 15) is 31.6 Å². The van der Waals surface area contributed by atoms with E-state index in [1.54, 1.807) is 0 Å². The number of ether oxygens (including phenoxy) is 1. The number of aryl methyl sites for hydroxylation is 1. The van der Waals surface area contributed by atoms with Gasteiger partial charge in [0.1, 0.15) is 29.4 Å². The Labute approximate surface area is 346 Å². The molecule has 6 bridgehead atoms. The summed E-state index contributed by atoms with van der Waals surface area (Å²) in [5.41, 5.74) is 1.27. The van der Waals surface area contributed by atoms with Crippen LogP contribution in [0.15, 0.2) is 53.9 Å². The molecule has 0 spiro atoms. The first-order valence-electron chi connectivity index (χ1n) is 20.1. The lowest BCUT2D eigenvalue weighted by molar-refractivity contribution is -0.141. The molecular formula is C42H49F2N7O6S2. The monoisotopic (exact) mass is 849 g/mol. The third kappa shape index (κ3) is 8.24. The number of amides is 3. The molecule has 8 rings (SSSR count). The molecule has 2 aromatic heterocycles. The van der Waals surface area contributed by atoms with E-state index in [4.69, 9.17) is 19.7 Å². The van der Waals surface area contributed by atoms with Gasteiger partial charge in [0.15, 0.2) is 5.13 Å². The van der Waals surface area contributed by atoms with Gasteiger partial charge in [-0.15, -0.1) is 11.3 Å². The van der Waals surface area contributed by atoms with Crippen molar-refractivity contribution in [3.05, 3.63) is 65.2 Å². The van der Waals surface area contributed by atoms with Crippen LogP contribution in [0.4, 0.5) is 13.9 Å². The van der Waals surface area contributed by atoms with Crippen LogP contribution in [0.5, 0.6) is 5.88 Å². The van der Waals surface area contributed by atoms with Gasteiger partial charge in [-0.05, 0) is 67.7 Å². The molecule has 314 valence electrons. The van der Waals surface area contributed by atoms with E-state index in [1.165, 1.54) is 16.2 Å². The predicted octanol–water partition coefficient (Wildman–Crippen LogP) is 5.99. The lowest BCUT2D eigenvalue weighted by Gasteiger charge is -2.35. The number of anilines is 1. The molecule has 1 saturated heterocycles. The number of halogens is 2. The zero-order chi connectivity index (χ0) is 42.1. The summed E-state index contributed by atoms with van der Waals surface area (Å²) in [4.78, 5) is 59.1. The molecule has 2 aromatic carbocycles. The maximum absolute atomic E-state index is 14.9. The van der Waals surface area contributed by atoms with Crippen molar-refractivity contribution in [2.75, 3.05) is 11.9 Å². The highest BCUT2D eigenvalue weighted by atomic mass is 32.2. The van der Waals surface area contributed by atoms with Crippen LogP contribution in [-0.2, 0) is 36.2 Å². The standard InChI is InChI=1S/C42H49F2N7O6S2/c1-40(2,3)33-37(53)51-21-25(19-30(51)35(52)49-42(20-27(42)34(43)44)38(54)50-59(55,56)26-15-16-26)57-36-32(45-28-13-6-7-14-29(28)46-36)24-12-8-10-23(18-24)11-9-17-41(4,5)31-22-58-39(47-31)48-33/h6-8,10,12-14,18,22,25-27,30,33-34H,9,11,15-17,19-21H2,1-5H3,(H,47,48)(H,49,52)(H,50,54)/t25-,27+,30+,33-,42-/m1/s1. The zero-order valence-electron chi connectivity index (χ0n) is 33.6. The van der Waals surface area contributed by atoms with Crippen molar-refractivity contribution in [1.82, 2.24) is 29.9 Å². The smallest absolute Gasteiger partial charge is 0.259 e. The Morgan fingerprint density at radius 3 is 2.46 bits per heavy atom. The Bertz CT molecular complexity index is 2420. The first-order valence-corrected chi connectivity index (χ1v) is 22.5. The minimum Gasteiger partial charge on any atom is -0.471 e. The number of nitrogens with zero attached hydrogens (tertiary/aromatic N) is 4. The molecule has 3 amide bonds. The summed E-state index contributed by atoms with van der Waals surface area (Å²) >= 11 is 1.38. The van der Waals surface area contributed by atoms with Crippen molar-refractivity contribution in [1.29, 1.82) is 0 Å². The average Bonchev–Trinajstić information content (AvgIpc) is 4.07. The fraction of sp³-hybridized carbons (Fsp3) is 0.524. The lowest BCUT2D eigenvalue weighted by atomic mass is 9.84. The van der Waals surface area contributed by atoms with Gasteiger partial charge in [0.2, 0.25) is 34.1 Å². The number of carbonyl (C=O) groups is 3. The normalized spacial score (nSPS) is 25.8. The molecule has 4 heterocycles. The van der Waals surface area contributed by atoms with Crippen LogP contribution in [0, 0.1) is 11.3 Å². The zero-order valence-corrected chi connectivity index (χ0v) is 35.3. The van der Waals surface area contributed by atoms with Gasteiger partial charge in [-0.25, -0.2) is 32.2 Å². The molecule has 2 aliphatic heterocycles. The maximum atomic E-state index is 14.9. The highest BCUT2D eigenvalue weighted by Crippen LogP contribution is 2.49.